The molecule has 0 spiro atoms. The molecule has 1 heterocycles. The summed E-state index contributed by atoms with van der Waals surface area (Å²) in [6, 6.07) is 6.81. The summed E-state index contributed by atoms with van der Waals surface area (Å²) >= 11 is 5.58. The standard InChI is InChI=1S/C15H14ClFN2O4/c16-10-8-9(3-4-11(10)17)19-15(22)14(21)18-6-5-12(20)13-2-1-7-23-13/h1-4,7-8,12,20H,5-6H2,(H,18,21)(H,19,22). The van der Waals surface area contributed by atoms with Gasteiger partial charge in [0.1, 0.15) is 17.7 Å². The van der Waals surface area contributed by atoms with E-state index in [9.17, 15) is 19.1 Å². The zero-order chi connectivity index (χ0) is 16.8. The number of aliphatic hydroxyl groups is 1. The number of carbonyl (C=O) groups excluding carboxylic acids is 2. The van der Waals surface area contributed by atoms with E-state index in [0.717, 1.165) is 6.07 Å². The molecule has 122 valence electrons. The monoisotopic (exact) mass is 340 g/mol. The van der Waals surface area contributed by atoms with Gasteiger partial charge in [-0.15, -0.1) is 0 Å². The van der Waals surface area contributed by atoms with Crippen molar-refractivity contribution in [3.63, 3.8) is 0 Å². The summed E-state index contributed by atoms with van der Waals surface area (Å²) in [7, 11) is 0. The van der Waals surface area contributed by atoms with E-state index in [1.165, 1.54) is 18.4 Å². The maximum absolute atomic E-state index is 13.0. The normalized spacial score (nSPS) is 11.8. The smallest absolute Gasteiger partial charge is 0.313 e. The van der Waals surface area contributed by atoms with Gasteiger partial charge in [0.2, 0.25) is 0 Å². The summed E-state index contributed by atoms with van der Waals surface area (Å²) in [5.74, 6) is -2.04. The van der Waals surface area contributed by atoms with Gasteiger partial charge in [0.15, 0.2) is 0 Å². The second-order valence-corrected chi connectivity index (χ2v) is 5.07. The van der Waals surface area contributed by atoms with Gasteiger partial charge in [-0.05, 0) is 36.8 Å². The van der Waals surface area contributed by atoms with Crippen LogP contribution in [0.25, 0.3) is 0 Å². The van der Waals surface area contributed by atoms with Gasteiger partial charge in [0.25, 0.3) is 0 Å². The highest BCUT2D eigenvalue weighted by atomic mass is 35.5. The molecular formula is C15H14ClFN2O4. The topological polar surface area (TPSA) is 91.6 Å². The third-order valence-corrected chi connectivity index (χ3v) is 3.25. The fourth-order valence-electron chi connectivity index (χ4n) is 1.79. The maximum Gasteiger partial charge on any atom is 0.313 e. The molecule has 8 heteroatoms. The molecule has 0 fully saturated rings. The second-order valence-electron chi connectivity index (χ2n) is 4.66. The molecule has 2 rings (SSSR count). The first kappa shape index (κ1) is 17.0. The highest BCUT2D eigenvalue weighted by molar-refractivity contribution is 6.39. The molecule has 1 aromatic carbocycles. The van der Waals surface area contributed by atoms with Crippen molar-refractivity contribution in [3.05, 3.63) is 53.2 Å². The predicted molar refractivity (Wildman–Crippen MR) is 81.3 cm³/mol. The Morgan fingerprint density at radius 2 is 2.09 bits per heavy atom. The van der Waals surface area contributed by atoms with Crippen molar-refractivity contribution in [2.45, 2.75) is 12.5 Å². The van der Waals surface area contributed by atoms with Gasteiger partial charge in [0.05, 0.1) is 11.3 Å². The van der Waals surface area contributed by atoms with E-state index in [1.807, 2.05) is 0 Å². The lowest BCUT2D eigenvalue weighted by Crippen LogP contribution is -2.36. The first-order valence-electron chi connectivity index (χ1n) is 6.73. The summed E-state index contributed by atoms with van der Waals surface area (Å²) in [4.78, 5) is 23.3. The largest absolute Gasteiger partial charge is 0.467 e. The SMILES string of the molecule is O=C(NCCC(O)c1ccco1)C(=O)Nc1ccc(F)c(Cl)c1. The molecule has 1 atom stereocenters. The van der Waals surface area contributed by atoms with Crippen LogP contribution in [0.15, 0.2) is 41.0 Å². The molecule has 0 saturated carbocycles. The van der Waals surface area contributed by atoms with Crippen molar-refractivity contribution >= 4 is 29.1 Å². The van der Waals surface area contributed by atoms with Crippen LogP contribution in [-0.4, -0.2) is 23.5 Å². The third-order valence-electron chi connectivity index (χ3n) is 2.96. The quantitative estimate of drug-likeness (QED) is 0.728. The number of hydrogen-bond acceptors (Lipinski definition) is 4. The molecule has 0 radical (unpaired) electrons. The van der Waals surface area contributed by atoms with Crippen LogP contribution in [0.2, 0.25) is 5.02 Å². The van der Waals surface area contributed by atoms with Crippen LogP contribution >= 0.6 is 11.6 Å². The molecular weight excluding hydrogens is 327 g/mol. The van der Waals surface area contributed by atoms with Crippen LogP contribution in [0, 0.1) is 5.82 Å². The molecule has 1 unspecified atom stereocenters. The van der Waals surface area contributed by atoms with Crippen molar-refractivity contribution in [2.75, 3.05) is 11.9 Å². The van der Waals surface area contributed by atoms with E-state index in [-0.39, 0.29) is 23.7 Å². The Hall–Kier alpha value is -2.38. The molecule has 0 aliphatic heterocycles. The minimum atomic E-state index is -0.917. The molecule has 6 nitrogen and oxygen atoms in total. The number of anilines is 1. The number of nitrogens with one attached hydrogen (secondary N) is 2. The molecule has 0 bridgehead atoms. The fraction of sp³-hybridized carbons (Fsp3) is 0.200. The summed E-state index contributed by atoms with van der Waals surface area (Å²) in [5, 5.41) is 14.2. The van der Waals surface area contributed by atoms with Crippen molar-refractivity contribution < 1.29 is 23.5 Å². The average Bonchev–Trinajstić information content (AvgIpc) is 3.05. The fourth-order valence-corrected chi connectivity index (χ4v) is 1.97. The number of aliphatic hydroxyl groups excluding tert-OH is 1. The van der Waals surface area contributed by atoms with E-state index < -0.39 is 23.7 Å². The zero-order valence-corrected chi connectivity index (χ0v) is 12.6. The summed E-state index contributed by atoms with van der Waals surface area (Å²) in [6.07, 6.45) is 0.747. The summed E-state index contributed by atoms with van der Waals surface area (Å²) in [6.45, 7) is 0.0816. The number of rotatable bonds is 5. The van der Waals surface area contributed by atoms with Gasteiger partial charge in [-0.1, -0.05) is 11.6 Å². The Morgan fingerprint density at radius 1 is 1.30 bits per heavy atom. The number of carbonyl (C=O) groups is 2. The van der Waals surface area contributed by atoms with Crippen LogP contribution in [-0.2, 0) is 9.59 Å². The van der Waals surface area contributed by atoms with Crippen LogP contribution in [0.5, 0.6) is 0 Å². The number of halogens is 2. The first-order valence-corrected chi connectivity index (χ1v) is 7.11. The van der Waals surface area contributed by atoms with Gasteiger partial charge in [-0.25, -0.2) is 4.39 Å². The lowest BCUT2D eigenvalue weighted by atomic mass is 10.2. The molecule has 0 aliphatic rings. The van der Waals surface area contributed by atoms with E-state index in [0.29, 0.717) is 5.76 Å². The number of amides is 2. The van der Waals surface area contributed by atoms with Crippen molar-refractivity contribution in [2.24, 2.45) is 0 Å². The number of furan rings is 1. The Kier molecular flexibility index (Phi) is 5.72. The van der Waals surface area contributed by atoms with Crippen molar-refractivity contribution in [3.8, 4) is 0 Å². The van der Waals surface area contributed by atoms with E-state index in [2.05, 4.69) is 10.6 Å². The second kappa shape index (κ2) is 7.75. The van der Waals surface area contributed by atoms with Gasteiger partial charge < -0.3 is 20.2 Å². The van der Waals surface area contributed by atoms with E-state index in [4.69, 9.17) is 16.0 Å². The minimum absolute atomic E-state index is 0.0816. The van der Waals surface area contributed by atoms with E-state index in [1.54, 1.807) is 12.1 Å². The highest BCUT2D eigenvalue weighted by Gasteiger charge is 2.16. The number of hydrogen-bond donors (Lipinski definition) is 3. The Bertz CT molecular complexity index is 691. The Balaban J connectivity index is 1.78. The lowest BCUT2D eigenvalue weighted by Gasteiger charge is -2.09. The van der Waals surface area contributed by atoms with Crippen LogP contribution in [0.1, 0.15) is 18.3 Å². The van der Waals surface area contributed by atoms with Crippen molar-refractivity contribution in [1.29, 1.82) is 0 Å². The third kappa shape index (κ3) is 4.80. The molecule has 0 saturated heterocycles. The van der Waals surface area contributed by atoms with Gasteiger partial charge >= 0.3 is 11.8 Å². The molecule has 1 aromatic heterocycles. The van der Waals surface area contributed by atoms with Crippen LogP contribution < -0.4 is 10.6 Å². The predicted octanol–water partition coefficient (Wildman–Crippen LogP) is 2.25. The lowest BCUT2D eigenvalue weighted by molar-refractivity contribution is -0.136. The minimum Gasteiger partial charge on any atom is -0.467 e. The Labute approximate surface area is 136 Å². The van der Waals surface area contributed by atoms with Gasteiger partial charge in [0, 0.05) is 12.2 Å². The average molecular weight is 341 g/mol. The molecule has 3 N–H and O–H groups in total. The molecule has 2 aromatic rings. The maximum atomic E-state index is 13.0. The summed E-state index contributed by atoms with van der Waals surface area (Å²) < 4.78 is 18.0. The van der Waals surface area contributed by atoms with Gasteiger partial charge in [-0.2, -0.15) is 0 Å². The van der Waals surface area contributed by atoms with Crippen molar-refractivity contribution in [1.82, 2.24) is 5.32 Å². The van der Waals surface area contributed by atoms with Crippen LogP contribution in [0.4, 0.5) is 10.1 Å². The number of benzene rings is 1. The zero-order valence-electron chi connectivity index (χ0n) is 11.9. The molecule has 23 heavy (non-hydrogen) atoms. The van der Waals surface area contributed by atoms with Gasteiger partial charge in [-0.3, -0.25) is 9.59 Å². The summed E-state index contributed by atoms with van der Waals surface area (Å²) in [5.41, 5.74) is 0.201. The Morgan fingerprint density at radius 3 is 2.74 bits per heavy atom. The first-order chi connectivity index (χ1) is 11.0. The van der Waals surface area contributed by atoms with E-state index >= 15 is 0 Å². The highest BCUT2D eigenvalue weighted by Crippen LogP contribution is 2.19. The van der Waals surface area contributed by atoms with Crippen LogP contribution in [0.3, 0.4) is 0 Å². The molecule has 2 amide bonds. The molecule has 0 aliphatic carbocycles.